The van der Waals surface area contributed by atoms with Crippen molar-refractivity contribution in [2.45, 2.75) is 32.4 Å². The number of aryl methyl sites for hydroxylation is 1. The van der Waals surface area contributed by atoms with Gasteiger partial charge in [0.25, 0.3) is 0 Å². The molecule has 2 rings (SSSR count). The molecule has 0 aliphatic carbocycles. The third-order valence-corrected chi connectivity index (χ3v) is 2.89. The molecule has 16 heavy (non-hydrogen) atoms. The van der Waals surface area contributed by atoms with Gasteiger partial charge in [0.1, 0.15) is 17.7 Å². The Hall–Kier alpha value is -1.13. The number of hydroxylamine groups is 1. The lowest BCUT2D eigenvalue weighted by molar-refractivity contribution is 0.0282. The fraction of sp³-hybridized carbons (Fsp3) is 0.500. The molecule has 2 unspecified atom stereocenters. The Balaban J connectivity index is 2.41. The van der Waals surface area contributed by atoms with Crippen molar-refractivity contribution in [1.82, 2.24) is 5.48 Å². The maximum absolute atomic E-state index is 13.3. The molecule has 0 spiro atoms. The van der Waals surface area contributed by atoms with Gasteiger partial charge >= 0.3 is 0 Å². The molecular weight excluding hydrogens is 209 g/mol. The molecular formula is C12H16FNO2. The van der Waals surface area contributed by atoms with Crippen LogP contribution in [0.25, 0.3) is 0 Å². The highest BCUT2D eigenvalue weighted by molar-refractivity contribution is 5.46. The monoisotopic (exact) mass is 225 g/mol. The second-order valence-corrected chi connectivity index (χ2v) is 4.01. The van der Waals surface area contributed by atoms with E-state index in [-0.39, 0.29) is 18.0 Å². The molecule has 0 fully saturated rings. The summed E-state index contributed by atoms with van der Waals surface area (Å²) in [6, 6.07) is 2.90. The van der Waals surface area contributed by atoms with Crippen molar-refractivity contribution in [1.29, 1.82) is 0 Å². The fourth-order valence-electron chi connectivity index (χ4n) is 2.15. The number of hydrogen-bond donors (Lipinski definition) is 1. The molecule has 2 atom stereocenters. The van der Waals surface area contributed by atoms with E-state index >= 15 is 0 Å². The van der Waals surface area contributed by atoms with E-state index in [2.05, 4.69) is 5.48 Å². The van der Waals surface area contributed by atoms with Crippen LogP contribution in [-0.4, -0.2) is 13.2 Å². The predicted octanol–water partition coefficient (Wildman–Crippen LogP) is 2.50. The summed E-state index contributed by atoms with van der Waals surface area (Å²) in [6.07, 6.45) is 0.840. The van der Waals surface area contributed by atoms with Gasteiger partial charge in [-0.15, -0.1) is 0 Å². The van der Waals surface area contributed by atoms with Crippen LogP contribution >= 0.6 is 0 Å². The molecule has 0 saturated carbocycles. The Morgan fingerprint density at radius 3 is 2.88 bits per heavy atom. The second-order valence-electron chi connectivity index (χ2n) is 4.01. The topological polar surface area (TPSA) is 30.5 Å². The molecule has 1 aliphatic heterocycles. The largest absolute Gasteiger partial charge is 0.488 e. The zero-order chi connectivity index (χ0) is 11.7. The first-order valence-corrected chi connectivity index (χ1v) is 5.42. The quantitative estimate of drug-likeness (QED) is 0.802. The lowest BCUT2D eigenvalue weighted by Gasteiger charge is -2.17. The fourth-order valence-corrected chi connectivity index (χ4v) is 2.15. The minimum Gasteiger partial charge on any atom is -0.488 e. The summed E-state index contributed by atoms with van der Waals surface area (Å²) in [5.74, 6) is 0.544. The average Bonchev–Trinajstić information content (AvgIpc) is 2.58. The van der Waals surface area contributed by atoms with Gasteiger partial charge in [0, 0.05) is 5.56 Å². The maximum atomic E-state index is 13.3. The molecule has 4 heteroatoms. The van der Waals surface area contributed by atoms with Gasteiger partial charge in [-0.05, 0) is 31.0 Å². The molecule has 1 aromatic rings. The van der Waals surface area contributed by atoms with Crippen molar-refractivity contribution in [2.24, 2.45) is 0 Å². The maximum Gasteiger partial charge on any atom is 0.127 e. The molecule has 1 aromatic carbocycles. The Morgan fingerprint density at radius 1 is 1.50 bits per heavy atom. The third kappa shape index (κ3) is 1.79. The van der Waals surface area contributed by atoms with E-state index in [1.54, 1.807) is 7.11 Å². The van der Waals surface area contributed by atoms with Gasteiger partial charge in [-0.1, -0.05) is 6.92 Å². The lowest BCUT2D eigenvalue weighted by atomic mass is 10.0. The minimum absolute atomic E-state index is 0.00421. The molecule has 1 aliphatic rings. The summed E-state index contributed by atoms with van der Waals surface area (Å²) in [4.78, 5) is 4.94. The molecule has 1 N–H and O–H groups in total. The van der Waals surface area contributed by atoms with Gasteiger partial charge < -0.3 is 9.57 Å². The van der Waals surface area contributed by atoms with Gasteiger partial charge in [-0.3, -0.25) is 0 Å². The highest BCUT2D eigenvalue weighted by Gasteiger charge is 2.34. The van der Waals surface area contributed by atoms with Crippen LogP contribution in [0.5, 0.6) is 5.75 Å². The van der Waals surface area contributed by atoms with Crippen LogP contribution in [0.1, 0.15) is 30.5 Å². The van der Waals surface area contributed by atoms with Crippen LogP contribution in [0.2, 0.25) is 0 Å². The van der Waals surface area contributed by atoms with Crippen molar-refractivity contribution in [3.63, 3.8) is 0 Å². The van der Waals surface area contributed by atoms with Crippen LogP contribution < -0.4 is 10.2 Å². The highest BCUT2D eigenvalue weighted by Crippen LogP contribution is 2.40. The summed E-state index contributed by atoms with van der Waals surface area (Å²) in [5, 5.41) is 0. The molecule has 88 valence electrons. The number of nitrogens with one attached hydrogen (secondary N) is 1. The summed E-state index contributed by atoms with van der Waals surface area (Å²) >= 11 is 0. The van der Waals surface area contributed by atoms with Gasteiger partial charge in [-0.25, -0.2) is 4.39 Å². The smallest absolute Gasteiger partial charge is 0.127 e. The molecule has 1 heterocycles. The van der Waals surface area contributed by atoms with E-state index in [1.807, 2.05) is 13.8 Å². The Kier molecular flexibility index (Phi) is 3.12. The third-order valence-electron chi connectivity index (χ3n) is 2.89. The van der Waals surface area contributed by atoms with E-state index in [1.165, 1.54) is 12.1 Å². The molecule has 0 bridgehead atoms. The van der Waals surface area contributed by atoms with Crippen LogP contribution in [0.3, 0.4) is 0 Å². The first kappa shape index (κ1) is 11.4. The number of benzene rings is 1. The van der Waals surface area contributed by atoms with E-state index in [0.717, 1.165) is 23.3 Å². The van der Waals surface area contributed by atoms with E-state index in [4.69, 9.17) is 9.57 Å². The molecule has 0 aromatic heterocycles. The van der Waals surface area contributed by atoms with Crippen LogP contribution in [0, 0.1) is 12.7 Å². The number of hydrogen-bond acceptors (Lipinski definition) is 3. The van der Waals surface area contributed by atoms with Crippen LogP contribution in [0.4, 0.5) is 4.39 Å². The SMILES string of the molecule is CCC1Oc2c(C)cc(F)cc2C1NOC. The number of halogens is 1. The molecule has 3 nitrogen and oxygen atoms in total. The van der Waals surface area contributed by atoms with Crippen molar-refractivity contribution in [2.75, 3.05) is 7.11 Å². The van der Waals surface area contributed by atoms with Gasteiger partial charge in [0.2, 0.25) is 0 Å². The molecule has 0 saturated heterocycles. The van der Waals surface area contributed by atoms with E-state index in [0.29, 0.717) is 0 Å². The first-order valence-electron chi connectivity index (χ1n) is 5.42. The normalized spacial score (nSPS) is 23.0. The van der Waals surface area contributed by atoms with Crippen molar-refractivity contribution >= 4 is 0 Å². The standard InChI is InChI=1S/C12H16FNO2/c1-4-10-11(14-15-3)9-6-8(13)5-7(2)12(9)16-10/h5-6,10-11,14H,4H2,1-3H3. The summed E-state index contributed by atoms with van der Waals surface area (Å²) in [7, 11) is 1.55. The summed E-state index contributed by atoms with van der Waals surface area (Å²) in [6.45, 7) is 3.89. The summed E-state index contributed by atoms with van der Waals surface area (Å²) in [5.41, 5.74) is 4.53. The van der Waals surface area contributed by atoms with Crippen molar-refractivity contribution in [3.8, 4) is 5.75 Å². The minimum atomic E-state index is -0.237. The number of ether oxygens (including phenoxy) is 1. The number of fused-ring (bicyclic) bond motifs is 1. The van der Waals surface area contributed by atoms with Crippen molar-refractivity contribution < 1.29 is 14.0 Å². The van der Waals surface area contributed by atoms with E-state index < -0.39 is 0 Å². The average molecular weight is 225 g/mol. The Bertz CT molecular complexity index is 395. The molecule has 0 radical (unpaired) electrons. The lowest BCUT2D eigenvalue weighted by Crippen LogP contribution is -2.29. The van der Waals surface area contributed by atoms with Crippen LogP contribution in [-0.2, 0) is 4.84 Å². The van der Waals surface area contributed by atoms with Gasteiger partial charge in [-0.2, -0.15) is 5.48 Å². The summed E-state index contributed by atoms with van der Waals surface area (Å²) < 4.78 is 19.1. The second kappa shape index (κ2) is 4.39. The van der Waals surface area contributed by atoms with Gasteiger partial charge in [0.15, 0.2) is 0 Å². The Morgan fingerprint density at radius 2 is 2.25 bits per heavy atom. The predicted molar refractivity (Wildman–Crippen MR) is 58.7 cm³/mol. The van der Waals surface area contributed by atoms with Gasteiger partial charge in [0.05, 0.1) is 13.2 Å². The Labute approximate surface area is 94.5 Å². The number of rotatable bonds is 3. The molecule has 0 amide bonds. The zero-order valence-corrected chi connectivity index (χ0v) is 9.71. The highest BCUT2D eigenvalue weighted by atomic mass is 19.1. The van der Waals surface area contributed by atoms with Crippen LogP contribution in [0.15, 0.2) is 12.1 Å². The van der Waals surface area contributed by atoms with E-state index in [9.17, 15) is 4.39 Å². The van der Waals surface area contributed by atoms with Crippen molar-refractivity contribution in [3.05, 3.63) is 29.1 Å². The zero-order valence-electron chi connectivity index (χ0n) is 9.71. The first-order chi connectivity index (χ1) is 7.67.